The molecular weight excluding hydrogens is 228 g/mol. The molecule has 96 valence electrons. The monoisotopic (exact) mass is 246 g/mol. The summed E-state index contributed by atoms with van der Waals surface area (Å²) >= 11 is 0. The van der Waals surface area contributed by atoms with E-state index in [0.717, 1.165) is 22.6 Å². The highest BCUT2D eigenvalue weighted by atomic mass is 16.5. The average Bonchev–Trinajstić information content (AvgIpc) is 2.78. The quantitative estimate of drug-likeness (QED) is 0.628. The fraction of sp³-hybridized carbons (Fsp3) is 0.286. The van der Waals surface area contributed by atoms with E-state index in [1.54, 1.807) is 6.26 Å². The predicted molar refractivity (Wildman–Crippen MR) is 70.2 cm³/mol. The Morgan fingerprint density at radius 1 is 1.39 bits per heavy atom. The molecule has 18 heavy (non-hydrogen) atoms. The number of nitrogens with two attached hydrogens (primary N) is 1. The predicted octanol–water partition coefficient (Wildman–Crippen LogP) is 2.54. The summed E-state index contributed by atoms with van der Waals surface area (Å²) in [5.74, 6) is 7.36. The topological polar surface area (TPSA) is 60.4 Å². The Morgan fingerprint density at radius 3 is 2.83 bits per heavy atom. The second-order valence-corrected chi connectivity index (χ2v) is 4.04. The van der Waals surface area contributed by atoms with Crippen LogP contribution in [-0.2, 0) is 0 Å². The van der Waals surface area contributed by atoms with Crippen LogP contribution in [0.3, 0.4) is 0 Å². The molecule has 0 bridgehead atoms. The van der Waals surface area contributed by atoms with E-state index in [2.05, 4.69) is 5.43 Å². The summed E-state index contributed by atoms with van der Waals surface area (Å²) < 4.78 is 10.8. The molecule has 0 aliphatic carbocycles. The van der Waals surface area contributed by atoms with Gasteiger partial charge in [-0.15, -0.1) is 0 Å². The number of nitrogens with one attached hydrogen (secondary N) is 1. The van der Waals surface area contributed by atoms with Crippen molar-refractivity contribution in [1.29, 1.82) is 0 Å². The molecule has 0 saturated heterocycles. The fourth-order valence-electron chi connectivity index (χ4n) is 2.01. The van der Waals surface area contributed by atoms with Gasteiger partial charge in [0.25, 0.3) is 0 Å². The zero-order chi connectivity index (χ0) is 13.0. The van der Waals surface area contributed by atoms with Gasteiger partial charge >= 0.3 is 0 Å². The lowest BCUT2D eigenvalue weighted by Gasteiger charge is -2.16. The zero-order valence-corrected chi connectivity index (χ0v) is 10.6. The molecule has 1 heterocycles. The van der Waals surface area contributed by atoms with Gasteiger partial charge in [0, 0.05) is 5.56 Å². The molecule has 0 aliphatic rings. The summed E-state index contributed by atoms with van der Waals surface area (Å²) in [6, 6.07) is 9.72. The normalized spacial score (nSPS) is 12.4. The molecule has 0 amide bonds. The van der Waals surface area contributed by atoms with Crippen molar-refractivity contribution in [2.24, 2.45) is 5.84 Å². The largest absolute Gasteiger partial charge is 0.494 e. The molecule has 4 nitrogen and oxygen atoms in total. The summed E-state index contributed by atoms with van der Waals surface area (Å²) in [5.41, 5.74) is 4.90. The molecule has 0 aliphatic heterocycles. The lowest BCUT2D eigenvalue weighted by atomic mass is 10.00. The number of ether oxygens (including phenoxy) is 1. The average molecular weight is 246 g/mol. The van der Waals surface area contributed by atoms with E-state index in [-0.39, 0.29) is 6.04 Å². The third kappa shape index (κ3) is 2.55. The number of benzene rings is 1. The Labute approximate surface area is 107 Å². The van der Waals surface area contributed by atoms with Crippen molar-refractivity contribution in [3.05, 3.63) is 53.5 Å². The first-order chi connectivity index (χ1) is 8.76. The maximum absolute atomic E-state index is 5.66. The van der Waals surface area contributed by atoms with Gasteiger partial charge in [0.2, 0.25) is 0 Å². The van der Waals surface area contributed by atoms with Crippen LogP contribution in [0.15, 0.2) is 41.0 Å². The fourth-order valence-corrected chi connectivity index (χ4v) is 2.01. The molecule has 1 unspecified atom stereocenters. The van der Waals surface area contributed by atoms with Crippen LogP contribution in [0.1, 0.15) is 29.9 Å². The summed E-state index contributed by atoms with van der Waals surface area (Å²) in [7, 11) is 0. The van der Waals surface area contributed by atoms with Gasteiger partial charge in [-0.25, -0.2) is 5.43 Å². The van der Waals surface area contributed by atoms with E-state index in [4.69, 9.17) is 15.0 Å². The van der Waals surface area contributed by atoms with Crippen molar-refractivity contribution < 1.29 is 9.15 Å². The number of hydrogen-bond acceptors (Lipinski definition) is 4. The maximum Gasteiger partial charge on any atom is 0.119 e. The minimum Gasteiger partial charge on any atom is -0.494 e. The molecule has 3 N–H and O–H groups in total. The van der Waals surface area contributed by atoms with E-state index in [1.165, 1.54) is 0 Å². The highest BCUT2D eigenvalue weighted by Crippen LogP contribution is 2.27. The number of hydrazine groups is 1. The third-order valence-corrected chi connectivity index (χ3v) is 2.88. The lowest BCUT2D eigenvalue weighted by Crippen LogP contribution is -2.29. The second kappa shape index (κ2) is 5.71. The van der Waals surface area contributed by atoms with Gasteiger partial charge < -0.3 is 9.15 Å². The minimum absolute atomic E-state index is 0.0934. The molecule has 0 fully saturated rings. The number of aryl methyl sites for hydroxylation is 1. The molecule has 0 radical (unpaired) electrons. The van der Waals surface area contributed by atoms with E-state index in [1.807, 2.05) is 44.2 Å². The van der Waals surface area contributed by atoms with Crippen LogP contribution in [-0.4, -0.2) is 6.61 Å². The molecule has 0 saturated carbocycles. The molecule has 1 aromatic heterocycles. The third-order valence-electron chi connectivity index (χ3n) is 2.88. The van der Waals surface area contributed by atoms with Gasteiger partial charge in [-0.2, -0.15) is 0 Å². The van der Waals surface area contributed by atoms with Gasteiger partial charge in [0.05, 0.1) is 18.9 Å². The summed E-state index contributed by atoms with van der Waals surface area (Å²) in [5, 5.41) is 0. The van der Waals surface area contributed by atoms with Crippen LogP contribution in [0, 0.1) is 6.92 Å². The first kappa shape index (κ1) is 12.7. The highest BCUT2D eigenvalue weighted by Gasteiger charge is 2.16. The Hall–Kier alpha value is -1.78. The Bertz CT molecular complexity index is 508. The van der Waals surface area contributed by atoms with Crippen molar-refractivity contribution in [3.8, 4) is 5.75 Å². The summed E-state index contributed by atoms with van der Waals surface area (Å²) in [6.45, 7) is 4.53. The van der Waals surface area contributed by atoms with Crippen molar-refractivity contribution in [1.82, 2.24) is 5.43 Å². The SMILES string of the molecule is CCOc1cccc(C(NN)c2ccoc2C)c1. The molecule has 0 spiro atoms. The molecule has 4 heteroatoms. The van der Waals surface area contributed by atoms with E-state index >= 15 is 0 Å². The Morgan fingerprint density at radius 2 is 2.22 bits per heavy atom. The Balaban J connectivity index is 2.33. The van der Waals surface area contributed by atoms with Crippen molar-refractivity contribution in [3.63, 3.8) is 0 Å². The first-order valence-corrected chi connectivity index (χ1v) is 5.99. The number of furan rings is 1. The van der Waals surface area contributed by atoms with Crippen LogP contribution < -0.4 is 16.0 Å². The molecular formula is C14H18N2O2. The lowest BCUT2D eigenvalue weighted by molar-refractivity contribution is 0.339. The van der Waals surface area contributed by atoms with Crippen molar-refractivity contribution in [2.45, 2.75) is 19.9 Å². The molecule has 2 rings (SSSR count). The van der Waals surface area contributed by atoms with E-state index in [9.17, 15) is 0 Å². The van der Waals surface area contributed by atoms with Crippen LogP contribution in [0.2, 0.25) is 0 Å². The maximum atomic E-state index is 5.66. The van der Waals surface area contributed by atoms with Crippen molar-refractivity contribution >= 4 is 0 Å². The molecule has 1 atom stereocenters. The van der Waals surface area contributed by atoms with Gasteiger partial charge in [-0.1, -0.05) is 12.1 Å². The van der Waals surface area contributed by atoms with Crippen LogP contribution >= 0.6 is 0 Å². The Kier molecular flexibility index (Phi) is 4.02. The molecule has 2 aromatic rings. The molecule has 1 aromatic carbocycles. The first-order valence-electron chi connectivity index (χ1n) is 5.99. The van der Waals surface area contributed by atoms with Gasteiger partial charge in [0.15, 0.2) is 0 Å². The van der Waals surface area contributed by atoms with E-state index in [0.29, 0.717) is 6.61 Å². The smallest absolute Gasteiger partial charge is 0.119 e. The number of hydrogen-bond donors (Lipinski definition) is 2. The van der Waals surface area contributed by atoms with Crippen molar-refractivity contribution in [2.75, 3.05) is 6.61 Å². The zero-order valence-electron chi connectivity index (χ0n) is 10.6. The minimum atomic E-state index is -0.0934. The summed E-state index contributed by atoms with van der Waals surface area (Å²) in [6.07, 6.45) is 1.67. The van der Waals surface area contributed by atoms with E-state index < -0.39 is 0 Å². The summed E-state index contributed by atoms with van der Waals surface area (Å²) in [4.78, 5) is 0. The van der Waals surface area contributed by atoms with Gasteiger partial charge in [-0.05, 0) is 37.6 Å². The van der Waals surface area contributed by atoms with Gasteiger partial charge in [0.1, 0.15) is 11.5 Å². The van der Waals surface area contributed by atoms with Gasteiger partial charge in [-0.3, -0.25) is 5.84 Å². The van der Waals surface area contributed by atoms with Crippen LogP contribution in [0.4, 0.5) is 0 Å². The van der Waals surface area contributed by atoms with Crippen LogP contribution in [0.5, 0.6) is 5.75 Å². The highest BCUT2D eigenvalue weighted by molar-refractivity contribution is 5.37. The van der Waals surface area contributed by atoms with Crippen LogP contribution in [0.25, 0.3) is 0 Å². The number of rotatable bonds is 5. The second-order valence-electron chi connectivity index (χ2n) is 4.04. The standard InChI is InChI=1S/C14H18N2O2/c1-3-17-12-6-4-5-11(9-12)14(16-15)13-7-8-18-10(13)2/h4-9,14,16H,3,15H2,1-2H3.